The van der Waals surface area contributed by atoms with E-state index in [-0.39, 0.29) is 6.04 Å². The lowest BCUT2D eigenvalue weighted by Crippen LogP contribution is -2.36. The van der Waals surface area contributed by atoms with Crippen molar-refractivity contribution < 1.29 is 9.47 Å². The Morgan fingerprint density at radius 1 is 1.33 bits per heavy atom. The number of nitrogens with two attached hydrogens (primary N) is 1. The third-order valence-electron chi connectivity index (χ3n) is 4.45. The summed E-state index contributed by atoms with van der Waals surface area (Å²) in [6.45, 7) is 5.21. The molecule has 2 atom stereocenters. The van der Waals surface area contributed by atoms with E-state index in [0.29, 0.717) is 18.0 Å². The Morgan fingerprint density at radius 2 is 2.10 bits per heavy atom. The van der Waals surface area contributed by atoms with Gasteiger partial charge in [0.2, 0.25) is 0 Å². The Bertz CT molecular complexity index is 474. The van der Waals surface area contributed by atoms with E-state index < -0.39 is 0 Å². The first-order valence-corrected chi connectivity index (χ1v) is 7.67. The molecule has 1 aromatic carbocycles. The molecule has 1 saturated carbocycles. The summed E-state index contributed by atoms with van der Waals surface area (Å²) in [5, 5.41) is 3.70. The van der Waals surface area contributed by atoms with Gasteiger partial charge in [-0.1, -0.05) is 26.0 Å². The van der Waals surface area contributed by atoms with Crippen LogP contribution in [0.4, 0.5) is 0 Å². The second-order valence-electron chi connectivity index (χ2n) is 6.64. The fourth-order valence-corrected chi connectivity index (χ4v) is 3.33. The van der Waals surface area contributed by atoms with E-state index in [1.54, 1.807) is 14.2 Å². The van der Waals surface area contributed by atoms with Gasteiger partial charge < -0.3 is 20.5 Å². The van der Waals surface area contributed by atoms with Crippen molar-refractivity contribution in [1.82, 2.24) is 5.32 Å². The SMILES string of the molecule is COc1cccc(C(CN)NC2CCC(C)(C)C2)c1OC. The van der Waals surface area contributed by atoms with E-state index in [9.17, 15) is 0 Å². The van der Waals surface area contributed by atoms with Crippen LogP contribution in [0.5, 0.6) is 11.5 Å². The van der Waals surface area contributed by atoms with Crippen LogP contribution < -0.4 is 20.5 Å². The van der Waals surface area contributed by atoms with Gasteiger partial charge in [0, 0.05) is 24.2 Å². The van der Waals surface area contributed by atoms with Crippen LogP contribution in [0.15, 0.2) is 18.2 Å². The van der Waals surface area contributed by atoms with Crippen LogP contribution in [0.3, 0.4) is 0 Å². The molecular weight excluding hydrogens is 264 g/mol. The molecule has 1 aliphatic rings. The Kier molecular flexibility index (Phi) is 5.12. The minimum atomic E-state index is 0.0916. The predicted molar refractivity (Wildman–Crippen MR) is 85.9 cm³/mol. The molecule has 0 aliphatic heterocycles. The summed E-state index contributed by atoms with van der Waals surface area (Å²) in [5.74, 6) is 1.53. The number of methoxy groups -OCH3 is 2. The molecule has 3 N–H and O–H groups in total. The summed E-state index contributed by atoms with van der Waals surface area (Å²) < 4.78 is 10.9. The predicted octanol–water partition coefficient (Wildman–Crippen LogP) is 2.87. The highest BCUT2D eigenvalue weighted by atomic mass is 16.5. The molecule has 1 aliphatic carbocycles. The quantitative estimate of drug-likeness (QED) is 0.846. The first-order valence-electron chi connectivity index (χ1n) is 7.67. The van der Waals surface area contributed by atoms with Crippen LogP contribution in [0, 0.1) is 5.41 Å². The fourth-order valence-electron chi connectivity index (χ4n) is 3.33. The van der Waals surface area contributed by atoms with Gasteiger partial charge in [-0.2, -0.15) is 0 Å². The topological polar surface area (TPSA) is 56.5 Å². The minimum Gasteiger partial charge on any atom is -0.493 e. The molecule has 0 heterocycles. The third-order valence-corrected chi connectivity index (χ3v) is 4.45. The summed E-state index contributed by atoms with van der Waals surface area (Å²) in [5.41, 5.74) is 7.51. The number of nitrogens with one attached hydrogen (secondary N) is 1. The lowest BCUT2D eigenvalue weighted by atomic mass is 9.91. The van der Waals surface area contributed by atoms with Crippen LogP contribution in [0.2, 0.25) is 0 Å². The highest BCUT2D eigenvalue weighted by Gasteiger charge is 2.32. The lowest BCUT2D eigenvalue weighted by Gasteiger charge is -2.25. The molecule has 0 radical (unpaired) electrons. The Balaban J connectivity index is 2.18. The highest BCUT2D eigenvalue weighted by molar-refractivity contribution is 5.48. The van der Waals surface area contributed by atoms with Crippen molar-refractivity contribution >= 4 is 0 Å². The minimum absolute atomic E-state index is 0.0916. The first kappa shape index (κ1) is 16.1. The number of ether oxygens (including phenoxy) is 2. The van der Waals surface area contributed by atoms with Crippen molar-refractivity contribution in [2.45, 2.75) is 45.2 Å². The Labute approximate surface area is 128 Å². The van der Waals surface area contributed by atoms with Crippen molar-refractivity contribution in [3.8, 4) is 11.5 Å². The van der Waals surface area contributed by atoms with Crippen molar-refractivity contribution in [3.05, 3.63) is 23.8 Å². The van der Waals surface area contributed by atoms with Crippen molar-refractivity contribution in [2.75, 3.05) is 20.8 Å². The summed E-state index contributed by atoms with van der Waals surface area (Å²) in [6.07, 6.45) is 3.66. The van der Waals surface area contributed by atoms with E-state index in [0.717, 1.165) is 17.1 Å². The summed E-state index contributed by atoms with van der Waals surface area (Å²) in [7, 11) is 3.33. The second-order valence-corrected chi connectivity index (χ2v) is 6.64. The molecule has 0 saturated heterocycles. The van der Waals surface area contributed by atoms with Gasteiger partial charge in [0.1, 0.15) is 0 Å². The van der Waals surface area contributed by atoms with E-state index in [4.69, 9.17) is 15.2 Å². The molecule has 0 amide bonds. The molecule has 0 aromatic heterocycles. The maximum absolute atomic E-state index is 6.01. The summed E-state index contributed by atoms with van der Waals surface area (Å²) >= 11 is 0. The smallest absolute Gasteiger partial charge is 0.165 e. The van der Waals surface area contributed by atoms with E-state index in [1.165, 1.54) is 19.3 Å². The molecule has 2 unspecified atom stereocenters. The van der Waals surface area contributed by atoms with Crippen LogP contribution in [-0.2, 0) is 0 Å². The zero-order valence-corrected chi connectivity index (χ0v) is 13.6. The zero-order valence-electron chi connectivity index (χ0n) is 13.6. The molecule has 1 aromatic rings. The van der Waals surface area contributed by atoms with Crippen molar-refractivity contribution in [3.63, 3.8) is 0 Å². The number of rotatable bonds is 6. The maximum atomic E-state index is 6.01. The van der Waals surface area contributed by atoms with Gasteiger partial charge >= 0.3 is 0 Å². The van der Waals surface area contributed by atoms with Gasteiger partial charge in [-0.3, -0.25) is 0 Å². The van der Waals surface area contributed by atoms with Gasteiger partial charge in [0.05, 0.1) is 14.2 Å². The van der Waals surface area contributed by atoms with Crippen molar-refractivity contribution in [2.24, 2.45) is 11.1 Å². The Morgan fingerprint density at radius 3 is 2.62 bits per heavy atom. The molecule has 4 nitrogen and oxygen atoms in total. The molecule has 118 valence electrons. The number of hydrogen-bond donors (Lipinski definition) is 2. The summed E-state index contributed by atoms with van der Waals surface area (Å²) in [6, 6.07) is 6.57. The largest absolute Gasteiger partial charge is 0.493 e. The molecule has 4 heteroatoms. The number of para-hydroxylation sites is 1. The number of hydrogen-bond acceptors (Lipinski definition) is 4. The van der Waals surface area contributed by atoms with Crippen LogP contribution in [-0.4, -0.2) is 26.8 Å². The first-order chi connectivity index (χ1) is 10.0. The van der Waals surface area contributed by atoms with Crippen LogP contribution in [0.25, 0.3) is 0 Å². The fraction of sp³-hybridized carbons (Fsp3) is 0.647. The maximum Gasteiger partial charge on any atom is 0.165 e. The third kappa shape index (κ3) is 3.69. The average molecular weight is 292 g/mol. The second kappa shape index (κ2) is 6.67. The van der Waals surface area contributed by atoms with E-state index >= 15 is 0 Å². The van der Waals surface area contributed by atoms with E-state index in [2.05, 4.69) is 25.2 Å². The van der Waals surface area contributed by atoms with Crippen LogP contribution >= 0.6 is 0 Å². The van der Waals surface area contributed by atoms with Gasteiger partial charge in [0.15, 0.2) is 11.5 Å². The van der Waals surface area contributed by atoms with E-state index in [1.807, 2.05) is 12.1 Å². The molecule has 21 heavy (non-hydrogen) atoms. The highest BCUT2D eigenvalue weighted by Crippen LogP contribution is 2.39. The van der Waals surface area contributed by atoms with Gasteiger partial charge in [-0.15, -0.1) is 0 Å². The summed E-state index contributed by atoms with van der Waals surface area (Å²) in [4.78, 5) is 0. The Hall–Kier alpha value is -1.26. The number of benzene rings is 1. The molecule has 2 rings (SSSR count). The van der Waals surface area contributed by atoms with Gasteiger partial charge in [-0.25, -0.2) is 0 Å². The molecule has 1 fully saturated rings. The zero-order chi connectivity index (χ0) is 15.5. The molecular formula is C17H28N2O2. The standard InChI is InChI=1S/C17H28N2O2/c1-17(2)9-8-12(10-17)19-14(11-18)13-6-5-7-15(20-3)16(13)21-4/h5-7,12,14,19H,8-11,18H2,1-4H3. The monoisotopic (exact) mass is 292 g/mol. The lowest BCUT2D eigenvalue weighted by molar-refractivity contribution is 0.335. The van der Waals surface area contributed by atoms with Gasteiger partial charge in [-0.05, 0) is 30.7 Å². The normalized spacial score (nSPS) is 22.0. The van der Waals surface area contributed by atoms with Crippen molar-refractivity contribution in [1.29, 1.82) is 0 Å². The molecule has 0 bridgehead atoms. The van der Waals surface area contributed by atoms with Gasteiger partial charge in [0.25, 0.3) is 0 Å². The molecule has 0 spiro atoms. The average Bonchev–Trinajstić information content (AvgIpc) is 2.82. The van der Waals surface area contributed by atoms with Crippen LogP contribution in [0.1, 0.15) is 44.7 Å².